The molecule has 2 aromatic rings. The molecule has 0 unspecified atom stereocenters. The molecule has 0 atom stereocenters. The molecular formula is C23H21NO5S2. The van der Waals surface area contributed by atoms with Crippen LogP contribution in [0, 0.1) is 0 Å². The molecule has 0 aromatic heterocycles. The van der Waals surface area contributed by atoms with Crippen molar-refractivity contribution in [3.63, 3.8) is 0 Å². The number of hydrogen-bond donors (Lipinski definition) is 0. The number of rotatable bonds is 8. The van der Waals surface area contributed by atoms with E-state index in [0.29, 0.717) is 28.1 Å². The van der Waals surface area contributed by atoms with Crippen LogP contribution >= 0.6 is 24.0 Å². The molecule has 1 amide bonds. The topological polar surface area (TPSA) is 65.1 Å². The molecule has 1 fully saturated rings. The van der Waals surface area contributed by atoms with Crippen molar-refractivity contribution in [2.24, 2.45) is 0 Å². The van der Waals surface area contributed by atoms with Crippen LogP contribution in [0.1, 0.15) is 11.1 Å². The predicted octanol–water partition coefficient (Wildman–Crippen LogP) is 4.16. The summed E-state index contributed by atoms with van der Waals surface area (Å²) in [6.07, 6.45) is 4.80. The summed E-state index contributed by atoms with van der Waals surface area (Å²) in [6, 6.07) is 14.2. The number of methoxy groups -OCH3 is 2. The number of thiocarbonyl (C=S) groups is 1. The second-order valence-corrected chi connectivity index (χ2v) is 8.10. The molecule has 0 saturated carbocycles. The van der Waals surface area contributed by atoms with Crippen molar-refractivity contribution in [3.8, 4) is 11.5 Å². The van der Waals surface area contributed by atoms with Crippen LogP contribution in [0.4, 0.5) is 0 Å². The van der Waals surface area contributed by atoms with Gasteiger partial charge in [-0.05, 0) is 47.5 Å². The van der Waals surface area contributed by atoms with E-state index in [0.717, 1.165) is 16.9 Å². The molecule has 0 N–H and O–H groups in total. The van der Waals surface area contributed by atoms with Gasteiger partial charge in [0.05, 0.1) is 25.2 Å². The van der Waals surface area contributed by atoms with Crippen LogP contribution in [0.5, 0.6) is 11.5 Å². The molecule has 0 aliphatic carbocycles. The Kier molecular flexibility index (Phi) is 8.00. The lowest BCUT2D eigenvalue weighted by molar-refractivity contribution is -0.129. The first kappa shape index (κ1) is 22.7. The first-order chi connectivity index (χ1) is 15.0. The Labute approximate surface area is 190 Å². The maximum Gasteiger partial charge on any atom is 0.336 e. The standard InChI is InChI=1S/C23H21NO5S2/c1-27-14-13-24-22(26)20(31-23(24)30)15-17-5-10-19(11-6-17)29-21(25)12-7-16-3-8-18(28-2)9-4-16/h3-12,15H,13-14H2,1-2H3/b12-7+,20-15-. The smallest absolute Gasteiger partial charge is 0.336 e. The Hall–Kier alpha value is -2.94. The molecule has 0 spiro atoms. The van der Waals surface area contributed by atoms with Crippen LogP contribution in [-0.4, -0.2) is 48.5 Å². The van der Waals surface area contributed by atoms with Crippen molar-refractivity contribution in [2.75, 3.05) is 27.4 Å². The van der Waals surface area contributed by atoms with Gasteiger partial charge in [0.2, 0.25) is 0 Å². The van der Waals surface area contributed by atoms with Crippen molar-refractivity contribution < 1.29 is 23.8 Å². The first-order valence-electron chi connectivity index (χ1n) is 9.38. The quantitative estimate of drug-likeness (QED) is 0.256. The minimum Gasteiger partial charge on any atom is -0.497 e. The minimum absolute atomic E-state index is 0.133. The average Bonchev–Trinajstić information content (AvgIpc) is 3.04. The predicted molar refractivity (Wildman–Crippen MR) is 126 cm³/mol. The monoisotopic (exact) mass is 455 g/mol. The third-order valence-electron chi connectivity index (χ3n) is 4.32. The molecule has 8 heteroatoms. The van der Waals surface area contributed by atoms with Gasteiger partial charge in [0, 0.05) is 13.2 Å². The summed E-state index contributed by atoms with van der Waals surface area (Å²) in [7, 11) is 3.18. The Morgan fingerprint density at radius 1 is 1.03 bits per heavy atom. The highest BCUT2D eigenvalue weighted by Crippen LogP contribution is 2.32. The number of nitrogens with zero attached hydrogens (tertiary/aromatic N) is 1. The van der Waals surface area contributed by atoms with E-state index >= 15 is 0 Å². The number of carbonyl (C=O) groups is 2. The van der Waals surface area contributed by atoms with E-state index in [4.69, 9.17) is 26.4 Å². The minimum atomic E-state index is -0.484. The third-order valence-corrected chi connectivity index (χ3v) is 5.69. The van der Waals surface area contributed by atoms with Gasteiger partial charge in [0.1, 0.15) is 15.8 Å². The molecule has 0 radical (unpaired) electrons. The van der Waals surface area contributed by atoms with E-state index in [1.54, 1.807) is 50.6 Å². The molecule has 1 heterocycles. The Morgan fingerprint density at radius 2 is 1.68 bits per heavy atom. The molecule has 0 bridgehead atoms. The number of carbonyl (C=O) groups excluding carboxylic acids is 2. The van der Waals surface area contributed by atoms with Gasteiger partial charge in [-0.1, -0.05) is 48.2 Å². The van der Waals surface area contributed by atoms with E-state index in [-0.39, 0.29) is 5.91 Å². The Morgan fingerprint density at radius 3 is 2.32 bits per heavy atom. The highest BCUT2D eigenvalue weighted by molar-refractivity contribution is 8.26. The molecule has 31 heavy (non-hydrogen) atoms. The van der Waals surface area contributed by atoms with Crippen molar-refractivity contribution in [1.82, 2.24) is 4.90 Å². The van der Waals surface area contributed by atoms with E-state index in [2.05, 4.69) is 0 Å². The first-order valence-corrected chi connectivity index (χ1v) is 10.6. The third kappa shape index (κ3) is 6.27. The fourth-order valence-electron chi connectivity index (χ4n) is 2.69. The lowest BCUT2D eigenvalue weighted by atomic mass is 10.2. The molecular weight excluding hydrogens is 434 g/mol. The van der Waals surface area contributed by atoms with E-state index in [9.17, 15) is 9.59 Å². The number of hydrogen-bond acceptors (Lipinski definition) is 7. The zero-order valence-electron chi connectivity index (χ0n) is 17.1. The van der Waals surface area contributed by atoms with Crippen LogP contribution in [0.2, 0.25) is 0 Å². The Bertz CT molecular complexity index is 1010. The summed E-state index contributed by atoms with van der Waals surface area (Å²) in [5.74, 6) is 0.542. The zero-order valence-corrected chi connectivity index (χ0v) is 18.7. The fourth-order valence-corrected chi connectivity index (χ4v) is 4.00. The number of thioether (sulfide) groups is 1. The average molecular weight is 456 g/mol. The second kappa shape index (κ2) is 10.9. The van der Waals surface area contributed by atoms with Gasteiger partial charge in [-0.25, -0.2) is 4.79 Å². The molecule has 160 valence electrons. The van der Waals surface area contributed by atoms with Crippen molar-refractivity contribution in [3.05, 3.63) is 70.6 Å². The Balaban J connectivity index is 1.59. The van der Waals surface area contributed by atoms with Crippen LogP contribution in [0.15, 0.2) is 59.5 Å². The van der Waals surface area contributed by atoms with Gasteiger partial charge in [0.25, 0.3) is 5.91 Å². The van der Waals surface area contributed by atoms with Crippen LogP contribution in [-0.2, 0) is 14.3 Å². The SMILES string of the molecule is COCCN1C(=O)/C(=C/c2ccc(OC(=O)/C=C/c3ccc(OC)cc3)cc2)SC1=S. The molecule has 1 saturated heterocycles. The van der Waals surface area contributed by atoms with Gasteiger partial charge in [-0.2, -0.15) is 0 Å². The maximum absolute atomic E-state index is 12.5. The maximum atomic E-state index is 12.5. The summed E-state index contributed by atoms with van der Waals surface area (Å²) in [6.45, 7) is 0.851. The van der Waals surface area contributed by atoms with E-state index in [1.807, 2.05) is 24.3 Å². The highest BCUT2D eigenvalue weighted by Gasteiger charge is 2.31. The van der Waals surface area contributed by atoms with Gasteiger partial charge >= 0.3 is 5.97 Å². The lowest BCUT2D eigenvalue weighted by Crippen LogP contribution is -2.31. The van der Waals surface area contributed by atoms with E-state index in [1.165, 1.54) is 22.7 Å². The van der Waals surface area contributed by atoms with Crippen LogP contribution in [0.25, 0.3) is 12.2 Å². The number of ether oxygens (including phenoxy) is 3. The second-order valence-electron chi connectivity index (χ2n) is 6.42. The number of benzene rings is 2. The molecule has 1 aliphatic rings. The fraction of sp³-hybridized carbons (Fsp3) is 0.174. The van der Waals surface area contributed by atoms with Gasteiger partial charge in [-0.15, -0.1) is 0 Å². The summed E-state index contributed by atoms with van der Waals surface area (Å²) in [5.41, 5.74) is 1.66. The van der Waals surface area contributed by atoms with Crippen LogP contribution in [0.3, 0.4) is 0 Å². The largest absolute Gasteiger partial charge is 0.497 e. The molecule has 6 nitrogen and oxygen atoms in total. The molecule has 3 rings (SSSR count). The summed E-state index contributed by atoms with van der Waals surface area (Å²) in [4.78, 5) is 26.6. The van der Waals surface area contributed by atoms with Crippen LogP contribution < -0.4 is 9.47 Å². The zero-order chi connectivity index (χ0) is 22.2. The van der Waals surface area contributed by atoms with Gasteiger partial charge in [0.15, 0.2) is 0 Å². The van der Waals surface area contributed by atoms with Gasteiger partial charge in [-0.3, -0.25) is 9.69 Å². The normalized spacial score (nSPS) is 15.2. The molecule has 1 aliphatic heterocycles. The van der Waals surface area contributed by atoms with Gasteiger partial charge < -0.3 is 14.2 Å². The summed E-state index contributed by atoms with van der Waals surface area (Å²) < 4.78 is 16.0. The van der Waals surface area contributed by atoms with Crippen molar-refractivity contribution >= 4 is 52.3 Å². The number of esters is 1. The summed E-state index contributed by atoms with van der Waals surface area (Å²) >= 11 is 6.53. The number of amides is 1. The molecule has 2 aromatic carbocycles. The van der Waals surface area contributed by atoms with E-state index < -0.39 is 5.97 Å². The highest BCUT2D eigenvalue weighted by atomic mass is 32.2. The lowest BCUT2D eigenvalue weighted by Gasteiger charge is -2.12. The van der Waals surface area contributed by atoms with Crippen molar-refractivity contribution in [2.45, 2.75) is 0 Å². The van der Waals surface area contributed by atoms with Crippen molar-refractivity contribution in [1.29, 1.82) is 0 Å². The summed E-state index contributed by atoms with van der Waals surface area (Å²) in [5, 5.41) is 0.